The predicted octanol–water partition coefficient (Wildman–Crippen LogP) is 3.61. The zero-order valence-electron chi connectivity index (χ0n) is 20.8. The van der Waals surface area contributed by atoms with E-state index in [4.69, 9.17) is 18.9 Å². The minimum absolute atomic E-state index is 0.0885. The maximum Gasteiger partial charge on any atom is 0.264 e. The Hall–Kier alpha value is -3.92. The number of ether oxygens (including phenoxy) is 4. The summed E-state index contributed by atoms with van der Waals surface area (Å²) in [6.45, 7) is 4.50. The molecule has 0 fully saturated rings. The summed E-state index contributed by atoms with van der Waals surface area (Å²) in [5.41, 5.74) is 2.09. The quantitative estimate of drug-likeness (QED) is 0.526. The summed E-state index contributed by atoms with van der Waals surface area (Å²) in [7, 11) is -2.47. The van der Waals surface area contributed by atoms with Crippen molar-refractivity contribution in [2.75, 3.05) is 31.2 Å². The van der Waals surface area contributed by atoms with Crippen molar-refractivity contribution in [1.82, 2.24) is 5.32 Å². The topological polar surface area (TPSA) is 103 Å². The molecule has 10 heteroatoms. The van der Waals surface area contributed by atoms with Gasteiger partial charge >= 0.3 is 0 Å². The zero-order valence-corrected chi connectivity index (χ0v) is 21.6. The number of fused-ring (bicyclic) bond motifs is 2. The molecule has 0 radical (unpaired) electrons. The standard InChI is InChI=1S/C27H28N2O7S/c1-17-4-10-22-24(14-17)36-26(16-29(22)37(31,32)21-8-6-20(33-3)7-9-21)27(30)28-18(2)19-5-11-23-25(15-19)35-13-12-34-23/h4-11,14-15,18,26H,12-13,16H2,1-3H3,(H,28,30). The van der Waals surface area contributed by atoms with Crippen molar-refractivity contribution in [2.24, 2.45) is 0 Å². The maximum atomic E-state index is 13.7. The van der Waals surface area contributed by atoms with E-state index in [2.05, 4.69) is 5.32 Å². The molecular formula is C27H28N2O7S. The highest BCUT2D eigenvalue weighted by atomic mass is 32.2. The van der Waals surface area contributed by atoms with Crippen LogP contribution < -0.4 is 28.6 Å². The fraction of sp³-hybridized carbons (Fsp3) is 0.296. The van der Waals surface area contributed by atoms with E-state index in [0.717, 1.165) is 11.1 Å². The Kier molecular flexibility index (Phi) is 6.59. The van der Waals surface area contributed by atoms with E-state index in [9.17, 15) is 13.2 Å². The van der Waals surface area contributed by atoms with E-state index in [0.29, 0.717) is 41.9 Å². The van der Waals surface area contributed by atoms with Gasteiger partial charge in [-0.3, -0.25) is 9.10 Å². The van der Waals surface area contributed by atoms with Crippen LogP contribution in [0.25, 0.3) is 0 Å². The Labute approximate surface area is 216 Å². The molecule has 0 aromatic heterocycles. The number of carbonyl (C=O) groups excluding carboxylic acids is 1. The highest BCUT2D eigenvalue weighted by molar-refractivity contribution is 7.92. The third-order valence-electron chi connectivity index (χ3n) is 6.35. The van der Waals surface area contributed by atoms with Crippen LogP contribution in [0.2, 0.25) is 0 Å². The molecule has 2 aliphatic rings. The number of methoxy groups -OCH3 is 1. The molecule has 0 saturated carbocycles. The molecule has 1 N–H and O–H groups in total. The Balaban J connectivity index is 1.40. The number of amides is 1. The molecular weight excluding hydrogens is 496 g/mol. The summed E-state index contributed by atoms with van der Waals surface area (Å²) in [4.78, 5) is 13.4. The molecule has 0 bridgehead atoms. The van der Waals surface area contributed by atoms with Crippen LogP contribution in [0.5, 0.6) is 23.0 Å². The number of nitrogens with one attached hydrogen (secondary N) is 1. The van der Waals surface area contributed by atoms with Gasteiger partial charge in [-0.2, -0.15) is 0 Å². The van der Waals surface area contributed by atoms with E-state index in [1.165, 1.54) is 23.5 Å². The number of benzene rings is 3. The number of sulfonamides is 1. The van der Waals surface area contributed by atoms with Gasteiger partial charge in [-0.05, 0) is 73.5 Å². The summed E-state index contributed by atoms with van der Waals surface area (Å²) in [5, 5.41) is 2.95. The molecule has 3 aromatic carbocycles. The molecule has 2 heterocycles. The van der Waals surface area contributed by atoms with Crippen LogP contribution in [-0.2, 0) is 14.8 Å². The van der Waals surface area contributed by atoms with Gasteiger partial charge < -0.3 is 24.3 Å². The molecule has 5 rings (SSSR count). The van der Waals surface area contributed by atoms with Gasteiger partial charge in [-0.15, -0.1) is 0 Å². The summed E-state index contributed by atoms with van der Waals surface area (Å²) in [6, 6.07) is 16.5. The Morgan fingerprint density at radius 1 is 1.00 bits per heavy atom. The maximum absolute atomic E-state index is 13.7. The first-order chi connectivity index (χ1) is 17.8. The first-order valence-corrected chi connectivity index (χ1v) is 13.3. The van der Waals surface area contributed by atoms with E-state index < -0.39 is 22.0 Å². The number of carbonyl (C=O) groups is 1. The van der Waals surface area contributed by atoms with E-state index >= 15 is 0 Å². The van der Waals surface area contributed by atoms with Gasteiger partial charge in [0.05, 0.1) is 30.3 Å². The molecule has 194 valence electrons. The zero-order chi connectivity index (χ0) is 26.2. The molecule has 9 nitrogen and oxygen atoms in total. The van der Waals surface area contributed by atoms with E-state index in [1.54, 1.807) is 24.3 Å². The fourth-order valence-electron chi connectivity index (χ4n) is 4.32. The van der Waals surface area contributed by atoms with E-state index in [-0.39, 0.29) is 17.5 Å². The number of aryl methyl sites for hydroxylation is 1. The third-order valence-corrected chi connectivity index (χ3v) is 8.14. The first kappa shape index (κ1) is 24.8. The van der Waals surface area contributed by atoms with Crippen molar-refractivity contribution in [3.8, 4) is 23.0 Å². The third kappa shape index (κ3) is 4.89. The van der Waals surface area contributed by atoms with E-state index in [1.807, 2.05) is 38.1 Å². The van der Waals surface area contributed by atoms with Crippen molar-refractivity contribution >= 4 is 21.6 Å². The van der Waals surface area contributed by atoms with Crippen molar-refractivity contribution in [3.63, 3.8) is 0 Å². The summed E-state index contributed by atoms with van der Waals surface area (Å²) < 4.78 is 50.9. The number of nitrogens with zero attached hydrogens (tertiary/aromatic N) is 1. The van der Waals surface area contributed by atoms with Crippen molar-refractivity contribution in [2.45, 2.75) is 30.9 Å². The number of anilines is 1. The minimum Gasteiger partial charge on any atom is -0.497 e. The van der Waals surface area contributed by atoms with Crippen LogP contribution in [0.4, 0.5) is 5.69 Å². The highest BCUT2D eigenvalue weighted by Gasteiger charge is 2.38. The lowest BCUT2D eigenvalue weighted by molar-refractivity contribution is -0.128. The second-order valence-corrected chi connectivity index (χ2v) is 10.8. The van der Waals surface area contributed by atoms with Crippen molar-refractivity contribution < 1.29 is 32.2 Å². The fourth-order valence-corrected chi connectivity index (χ4v) is 5.80. The minimum atomic E-state index is -3.98. The predicted molar refractivity (Wildman–Crippen MR) is 137 cm³/mol. The lowest BCUT2D eigenvalue weighted by Gasteiger charge is -2.35. The Morgan fingerprint density at radius 2 is 1.73 bits per heavy atom. The van der Waals surface area contributed by atoms with Gasteiger partial charge in [0.2, 0.25) is 0 Å². The second-order valence-electron chi connectivity index (χ2n) is 8.92. The number of hydrogen-bond donors (Lipinski definition) is 1. The first-order valence-electron chi connectivity index (χ1n) is 11.9. The molecule has 0 spiro atoms. The van der Waals surface area contributed by atoms with Gasteiger partial charge in [0, 0.05) is 0 Å². The summed E-state index contributed by atoms with van der Waals surface area (Å²) in [6.07, 6.45) is -1.05. The molecule has 2 aliphatic heterocycles. The van der Waals surface area contributed by atoms with Crippen LogP contribution in [0, 0.1) is 6.92 Å². The number of hydrogen-bond acceptors (Lipinski definition) is 7. The normalized spacial score (nSPS) is 17.3. The lowest BCUT2D eigenvalue weighted by atomic mass is 10.1. The van der Waals surface area contributed by atoms with Crippen LogP contribution in [-0.4, -0.2) is 47.3 Å². The largest absolute Gasteiger partial charge is 0.497 e. The van der Waals surface area contributed by atoms with Gasteiger partial charge in [0.25, 0.3) is 15.9 Å². The molecule has 0 saturated heterocycles. The molecule has 37 heavy (non-hydrogen) atoms. The summed E-state index contributed by atoms with van der Waals surface area (Å²) >= 11 is 0. The van der Waals surface area contributed by atoms with Crippen LogP contribution in [0.15, 0.2) is 65.6 Å². The van der Waals surface area contributed by atoms with Crippen molar-refractivity contribution in [1.29, 1.82) is 0 Å². The van der Waals surface area contributed by atoms with Gasteiger partial charge in [-0.25, -0.2) is 8.42 Å². The van der Waals surface area contributed by atoms with Crippen LogP contribution >= 0.6 is 0 Å². The van der Waals surface area contributed by atoms with Gasteiger partial charge in [0.15, 0.2) is 17.6 Å². The average molecular weight is 525 g/mol. The number of rotatable bonds is 6. The molecule has 3 aromatic rings. The molecule has 2 atom stereocenters. The molecule has 0 aliphatic carbocycles. The SMILES string of the molecule is COc1ccc(S(=O)(=O)N2CC(C(=O)NC(C)c3ccc4c(c3)OCCO4)Oc3cc(C)ccc32)cc1. The smallest absolute Gasteiger partial charge is 0.264 e. The monoisotopic (exact) mass is 524 g/mol. The van der Waals surface area contributed by atoms with Crippen LogP contribution in [0.1, 0.15) is 24.1 Å². The van der Waals surface area contributed by atoms with Crippen LogP contribution in [0.3, 0.4) is 0 Å². The highest BCUT2D eigenvalue weighted by Crippen LogP contribution is 2.38. The summed E-state index contributed by atoms with van der Waals surface area (Å²) in [5.74, 6) is 1.73. The lowest BCUT2D eigenvalue weighted by Crippen LogP contribution is -2.51. The van der Waals surface area contributed by atoms with Gasteiger partial charge in [-0.1, -0.05) is 12.1 Å². The second kappa shape index (κ2) is 9.85. The van der Waals surface area contributed by atoms with Gasteiger partial charge in [0.1, 0.15) is 24.7 Å². The molecule has 2 unspecified atom stereocenters. The van der Waals surface area contributed by atoms with Crippen molar-refractivity contribution in [3.05, 3.63) is 71.8 Å². The Bertz CT molecular complexity index is 1420. The Morgan fingerprint density at radius 3 is 2.46 bits per heavy atom. The average Bonchev–Trinajstić information content (AvgIpc) is 2.91. The molecule has 1 amide bonds.